The van der Waals surface area contributed by atoms with Gasteiger partial charge in [0.1, 0.15) is 6.04 Å². The van der Waals surface area contributed by atoms with E-state index in [0.717, 1.165) is 10.9 Å². The number of rotatable bonds is 2. The second-order valence-electron chi connectivity index (χ2n) is 5.24. The molecular formula is C14H16BrClN2O3. The molecule has 1 heterocycles. The van der Waals surface area contributed by atoms with Crippen LogP contribution >= 0.6 is 27.5 Å². The van der Waals surface area contributed by atoms with E-state index in [0.29, 0.717) is 29.6 Å². The van der Waals surface area contributed by atoms with Crippen LogP contribution in [0.2, 0.25) is 5.02 Å². The van der Waals surface area contributed by atoms with Crippen molar-refractivity contribution < 1.29 is 14.7 Å². The lowest BCUT2D eigenvalue weighted by Gasteiger charge is -2.35. The van der Waals surface area contributed by atoms with Gasteiger partial charge in [-0.3, -0.25) is 0 Å². The summed E-state index contributed by atoms with van der Waals surface area (Å²) in [5.41, 5.74) is 0.538. The fourth-order valence-corrected chi connectivity index (χ4v) is 2.82. The highest BCUT2D eigenvalue weighted by atomic mass is 79.9. The topological polar surface area (TPSA) is 69.6 Å². The van der Waals surface area contributed by atoms with E-state index < -0.39 is 18.0 Å². The van der Waals surface area contributed by atoms with Crippen molar-refractivity contribution in [1.82, 2.24) is 4.90 Å². The molecule has 1 aliphatic heterocycles. The minimum Gasteiger partial charge on any atom is -0.480 e. The number of nitrogens with one attached hydrogen (secondary N) is 1. The van der Waals surface area contributed by atoms with Gasteiger partial charge in [0.2, 0.25) is 0 Å². The summed E-state index contributed by atoms with van der Waals surface area (Å²) in [5.74, 6) is -0.664. The van der Waals surface area contributed by atoms with Crippen LogP contribution in [0, 0.1) is 5.92 Å². The molecule has 1 saturated heterocycles. The first-order valence-corrected chi connectivity index (χ1v) is 7.81. The third-order valence-electron chi connectivity index (χ3n) is 3.58. The Kier molecular flexibility index (Phi) is 5.11. The normalized spacial score (nSPS) is 22.0. The van der Waals surface area contributed by atoms with E-state index in [4.69, 9.17) is 11.6 Å². The first-order chi connectivity index (χ1) is 9.88. The number of anilines is 1. The number of urea groups is 1. The zero-order valence-electron chi connectivity index (χ0n) is 11.5. The lowest BCUT2D eigenvalue weighted by molar-refractivity contribution is -0.143. The molecule has 0 aromatic heterocycles. The van der Waals surface area contributed by atoms with Crippen molar-refractivity contribution in [2.24, 2.45) is 5.92 Å². The zero-order chi connectivity index (χ0) is 15.6. The zero-order valence-corrected chi connectivity index (χ0v) is 13.8. The van der Waals surface area contributed by atoms with E-state index >= 15 is 0 Å². The van der Waals surface area contributed by atoms with E-state index in [2.05, 4.69) is 21.2 Å². The second kappa shape index (κ2) is 6.66. The Labute approximate surface area is 136 Å². The number of amides is 2. The summed E-state index contributed by atoms with van der Waals surface area (Å²) in [6, 6.07) is 3.86. The van der Waals surface area contributed by atoms with E-state index in [1.165, 1.54) is 4.90 Å². The van der Waals surface area contributed by atoms with Crippen molar-refractivity contribution in [3.05, 3.63) is 27.7 Å². The summed E-state index contributed by atoms with van der Waals surface area (Å²) in [7, 11) is 0. The van der Waals surface area contributed by atoms with Gasteiger partial charge in [-0.15, -0.1) is 0 Å². The monoisotopic (exact) mass is 374 g/mol. The predicted octanol–water partition coefficient (Wildman–Crippen LogP) is 3.82. The summed E-state index contributed by atoms with van der Waals surface area (Å²) in [6.07, 6.45) is 1.28. The van der Waals surface area contributed by atoms with Gasteiger partial charge in [-0.2, -0.15) is 0 Å². The highest BCUT2D eigenvalue weighted by Crippen LogP contribution is 2.27. The SMILES string of the molecule is CC1CCN(C(=O)Nc2ccc(Br)c(Cl)c2)C(C(=O)O)C1. The van der Waals surface area contributed by atoms with Crippen LogP contribution in [-0.2, 0) is 4.79 Å². The van der Waals surface area contributed by atoms with Crippen LogP contribution in [0.3, 0.4) is 0 Å². The molecule has 1 aromatic rings. The minimum absolute atomic E-state index is 0.303. The van der Waals surface area contributed by atoms with Gasteiger partial charge < -0.3 is 15.3 Å². The Bertz CT molecular complexity index is 567. The molecular weight excluding hydrogens is 360 g/mol. The molecule has 21 heavy (non-hydrogen) atoms. The standard InChI is InChI=1S/C14H16BrClN2O3/c1-8-4-5-18(12(6-8)13(19)20)14(21)17-9-2-3-10(15)11(16)7-9/h2-3,7-8,12H,4-6H2,1H3,(H,17,21)(H,19,20). The Morgan fingerprint density at radius 3 is 2.81 bits per heavy atom. The molecule has 2 rings (SSSR count). The second-order valence-corrected chi connectivity index (χ2v) is 6.50. The first-order valence-electron chi connectivity index (χ1n) is 6.64. The fourth-order valence-electron chi connectivity index (χ4n) is 2.39. The molecule has 2 amide bonds. The van der Waals surface area contributed by atoms with E-state index in [1.807, 2.05) is 6.92 Å². The third kappa shape index (κ3) is 3.89. The number of hydrogen-bond donors (Lipinski definition) is 2. The van der Waals surface area contributed by atoms with Crippen molar-refractivity contribution in [2.45, 2.75) is 25.8 Å². The number of piperidine rings is 1. The lowest BCUT2D eigenvalue weighted by atomic mass is 9.93. The summed E-state index contributed by atoms with van der Waals surface area (Å²) in [6.45, 7) is 2.44. The average molecular weight is 376 g/mol. The Morgan fingerprint density at radius 2 is 2.19 bits per heavy atom. The summed E-state index contributed by atoms with van der Waals surface area (Å²) in [4.78, 5) is 25.0. The van der Waals surface area contributed by atoms with E-state index in [1.54, 1.807) is 18.2 Å². The van der Waals surface area contributed by atoms with Crippen LogP contribution in [0.15, 0.2) is 22.7 Å². The first kappa shape index (κ1) is 16.1. The lowest BCUT2D eigenvalue weighted by Crippen LogP contribution is -2.51. The maximum Gasteiger partial charge on any atom is 0.326 e. The quantitative estimate of drug-likeness (QED) is 0.825. The molecule has 1 aliphatic rings. The van der Waals surface area contributed by atoms with Crippen molar-refractivity contribution in [2.75, 3.05) is 11.9 Å². The number of aliphatic carboxylic acids is 1. The molecule has 1 fully saturated rings. The number of likely N-dealkylation sites (tertiary alicyclic amines) is 1. The van der Waals surface area contributed by atoms with E-state index in [-0.39, 0.29) is 0 Å². The number of benzene rings is 1. The molecule has 114 valence electrons. The molecule has 2 N–H and O–H groups in total. The molecule has 5 nitrogen and oxygen atoms in total. The summed E-state index contributed by atoms with van der Waals surface area (Å²) >= 11 is 9.25. The van der Waals surface area contributed by atoms with Crippen LogP contribution in [0.4, 0.5) is 10.5 Å². The third-order valence-corrected chi connectivity index (χ3v) is 4.81. The van der Waals surface area contributed by atoms with Crippen molar-refractivity contribution in [1.29, 1.82) is 0 Å². The maximum absolute atomic E-state index is 12.3. The van der Waals surface area contributed by atoms with Crippen LogP contribution in [-0.4, -0.2) is 34.6 Å². The van der Waals surface area contributed by atoms with Crippen LogP contribution < -0.4 is 5.32 Å². The average Bonchev–Trinajstić information content (AvgIpc) is 2.42. The molecule has 2 atom stereocenters. The molecule has 2 unspecified atom stereocenters. The molecule has 1 aromatic carbocycles. The van der Waals surface area contributed by atoms with Crippen molar-refractivity contribution >= 4 is 45.2 Å². The molecule has 7 heteroatoms. The van der Waals surface area contributed by atoms with Gasteiger partial charge in [0.15, 0.2) is 0 Å². The Morgan fingerprint density at radius 1 is 1.48 bits per heavy atom. The number of carboxylic acid groups (broad SMARTS) is 1. The number of halogens is 2. The fraction of sp³-hybridized carbons (Fsp3) is 0.429. The van der Waals surface area contributed by atoms with Crippen LogP contribution in [0.5, 0.6) is 0 Å². The highest BCUT2D eigenvalue weighted by Gasteiger charge is 2.34. The largest absolute Gasteiger partial charge is 0.480 e. The van der Waals surface area contributed by atoms with Gasteiger partial charge in [-0.25, -0.2) is 9.59 Å². The molecule has 0 aliphatic carbocycles. The van der Waals surface area contributed by atoms with Gasteiger partial charge in [0.25, 0.3) is 0 Å². The Hall–Kier alpha value is -1.27. The predicted molar refractivity (Wildman–Crippen MR) is 84.7 cm³/mol. The number of carboxylic acids is 1. The number of carbonyl (C=O) groups is 2. The molecule has 0 saturated carbocycles. The summed E-state index contributed by atoms with van der Waals surface area (Å²) in [5, 5.41) is 12.5. The number of nitrogens with zero attached hydrogens (tertiary/aromatic N) is 1. The summed E-state index contributed by atoms with van der Waals surface area (Å²) < 4.78 is 0.734. The van der Waals surface area contributed by atoms with E-state index in [9.17, 15) is 14.7 Å². The van der Waals surface area contributed by atoms with Crippen LogP contribution in [0.1, 0.15) is 19.8 Å². The maximum atomic E-state index is 12.3. The number of carbonyl (C=O) groups excluding carboxylic acids is 1. The van der Waals surface area contributed by atoms with Crippen molar-refractivity contribution in [3.8, 4) is 0 Å². The van der Waals surface area contributed by atoms with Crippen LogP contribution in [0.25, 0.3) is 0 Å². The number of hydrogen-bond acceptors (Lipinski definition) is 2. The molecule has 0 bridgehead atoms. The highest BCUT2D eigenvalue weighted by molar-refractivity contribution is 9.10. The van der Waals surface area contributed by atoms with Gasteiger partial charge in [0.05, 0.1) is 5.02 Å². The Balaban J connectivity index is 2.10. The van der Waals surface area contributed by atoms with Gasteiger partial charge in [-0.1, -0.05) is 18.5 Å². The molecule has 0 spiro atoms. The smallest absolute Gasteiger partial charge is 0.326 e. The van der Waals surface area contributed by atoms with Crippen molar-refractivity contribution in [3.63, 3.8) is 0 Å². The minimum atomic E-state index is -0.967. The van der Waals surface area contributed by atoms with Gasteiger partial charge in [-0.05, 0) is 52.9 Å². The molecule has 0 radical (unpaired) electrons. The van der Waals surface area contributed by atoms with Gasteiger partial charge in [0, 0.05) is 16.7 Å². The van der Waals surface area contributed by atoms with Gasteiger partial charge >= 0.3 is 12.0 Å².